The molecular weight excluding hydrogens is 302 g/mol. The number of ether oxygens (including phenoxy) is 1. The molecular formula is C16H18BrNO. The average molecular weight is 320 g/mol. The lowest BCUT2D eigenvalue weighted by atomic mass is 10.1. The number of rotatable bonds is 6. The van der Waals surface area contributed by atoms with E-state index in [1.54, 1.807) is 0 Å². The SMILES string of the molecule is Nc1cccc(COCCCc2ccccc2)c1Br. The van der Waals surface area contributed by atoms with Crippen LogP contribution in [0.5, 0.6) is 0 Å². The molecule has 0 saturated carbocycles. The van der Waals surface area contributed by atoms with Gasteiger partial charge in [-0.15, -0.1) is 0 Å². The van der Waals surface area contributed by atoms with Crippen LogP contribution in [0.1, 0.15) is 17.5 Å². The minimum Gasteiger partial charge on any atom is -0.398 e. The highest BCUT2D eigenvalue weighted by molar-refractivity contribution is 9.10. The van der Waals surface area contributed by atoms with Gasteiger partial charge in [0.2, 0.25) is 0 Å². The smallest absolute Gasteiger partial charge is 0.0728 e. The molecule has 3 heteroatoms. The highest BCUT2D eigenvalue weighted by Gasteiger charge is 2.02. The molecule has 0 heterocycles. The van der Waals surface area contributed by atoms with E-state index in [9.17, 15) is 0 Å². The summed E-state index contributed by atoms with van der Waals surface area (Å²) in [6.45, 7) is 1.36. The van der Waals surface area contributed by atoms with E-state index >= 15 is 0 Å². The zero-order valence-electron chi connectivity index (χ0n) is 10.8. The highest BCUT2D eigenvalue weighted by Crippen LogP contribution is 2.24. The Hall–Kier alpha value is -1.32. The molecule has 0 aromatic heterocycles. The van der Waals surface area contributed by atoms with Gasteiger partial charge in [-0.3, -0.25) is 0 Å². The second-order valence-electron chi connectivity index (χ2n) is 4.46. The van der Waals surface area contributed by atoms with Gasteiger partial charge in [0, 0.05) is 16.8 Å². The van der Waals surface area contributed by atoms with Gasteiger partial charge in [0.25, 0.3) is 0 Å². The summed E-state index contributed by atoms with van der Waals surface area (Å²) in [6, 6.07) is 16.3. The normalized spacial score (nSPS) is 10.6. The van der Waals surface area contributed by atoms with Gasteiger partial charge in [-0.25, -0.2) is 0 Å². The van der Waals surface area contributed by atoms with Crippen molar-refractivity contribution in [3.05, 3.63) is 64.1 Å². The summed E-state index contributed by atoms with van der Waals surface area (Å²) in [4.78, 5) is 0. The molecule has 0 radical (unpaired) electrons. The predicted octanol–water partition coefficient (Wildman–Crippen LogP) is 4.18. The number of halogens is 1. The first kappa shape index (κ1) is 14.1. The van der Waals surface area contributed by atoms with E-state index in [-0.39, 0.29) is 0 Å². The third kappa shape index (κ3) is 4.37. The second kappa shape index (κ2) is 7.31. The molecule has 0 saturated heterocycles. The average Bonchev–Trinajstić information content (AvgIpc) is 2.44. The molecule has 100 valence electrons. The van der Waals surface area contributed by atoms with Gasteiger partial charge >= 0.3 is 0 Å². The van der Waals surface area contributed by atoms with E-state index in [1.807, 2.05) is 24.3 Å². The lowest BCUT2D eigenvalue weighted by molar-refractivity contribution is 0.118. The number of hydrogen-bond donors (Lipinski definition) is 1. The van der Waals surface area contributed by atoms with Crippen molar-refractivity contribution in [3.8, 4) is 0 Å². The van der Waals surface area contributed by atoms with Gasteiger partial charge in [-0.2, -0.15) is 0 Å². The Morgan fingerprint density at radius 1 is 1.00 bits per heavy atom. The van der Waals surface area contributed by atoms with Gasteiger partial charge in [0.05, 0.1) is 6.61 Å². The number of hydrogen-bond acceptors (Lipinski definition) is 2. The number of aryl methyl sites for hydroxylation is 1. The van der Waals surface area contributed by atoms with Crippen LogP contribution >= 0.6 is 15.9 Å². The van der Waals surface area contributed by atoms with Crippen molar-refractivity contribution in [1.29, 1.82) is 0 Å². The zero-order chi connectivity index (χ0) is 13.5. The molecule has 0 aliphatic heterocycles. The summed E-state index contributed by atoms with van der Waals surface area (Å²) in [6.07, 6.45) is 2.09. The summed E-state index contributed by atoms with van der Waals surface area (Å²) in [7, 11) is 0. The van der Waals surface area contributed by atoms with Crippen molar-refractivity contribution in [3.63, 3.8) is 0 Å². The number of benzene rings is 2. The van der Waals surface area contributed by atoms with Crippen molar-refractivity contribution in [2.24, 2.45) is 0 Å². The maximum Gasteiger partial charge on any atom is 0.0728 e. The van der Waals surface area contributed by atoms with Crippen LogP contribution in [-0.4, -0.2) is 6.61 Å². The van der Waals surface area contributed by atoms with Crippen LogP contribution in [0.3, 0.4) is 0 Å². The van der Waals surface area contributed by atoms with Crippen LogP contribution in [0.25, 0.3) is 0 Å². The van der Waals surface area contributed by atoms with Gasteiger partial charge in [0.15, 0.2) is 0 Å². The first-order valence-electron chi connectivity index (χ1n) is 6.42. The van der Waals surface area contributed by atoms with Crippen molar-refractivity contribution in [2.75, 3.05) is 12.3 Å². The minimum absolute atomic E-state index is 0.598. The van der Waals surface area contributed by atoms with Gasteiger partial charge in [0.1, 0.15) is 0 Å². The molecule has 2 rings (SSSR count). The second-order valence-corrected chi connectivity index (χ2v) is 5.26. The molecule has 2 aromatic rings. The Labute approximate surface area is 122 Å². The van der Waals surface area contributed by atoms with Gasteiger partial charge in [-0.05, 0) is 46.0 Å². The molecule has 0 spiro atoms. The van der Waals surface area contributed by atoms with E-state index in [4.69, 9.17) is 10.5 Å². The maximum atomic E-state index is 5.82. The quantitative estimate of drug-likeness (QED) is 0.640. The van der Waals surface area contributed by atoms with Crippen LogP contribution in [0.4, 0.5) is 5.69 Å². The molecule has 0 amide bonds. The van der Waals surface area contributed by atoms with Crippen LogP contribution in [0.15, 0.2) is 53.0 Å². The lowest BCUT2D eigenvalue weighted by Crippen LogP contribution is -1.99. The molecule has 0 fully saturated rings. The Morgan fingerprint density at radius 2 is 1.79 bits per heavy atom. The lowest BCUT2D eigenvalue weighted by Gasteiger charge is -2.08. The molecule has 0 unspecified atom stereocenters. The largest absolute Gasteiger partial charge is 0.398 e. The zero-order valence-corrected chi connectivity index (χ0v) is 12.4. The third-order valence-corrected chi connectivity index (χ3v) is 3.93. The topological polar surface area (TPSA) is 35.2 Å². The molecule has 0 aliphatic carbocycles. The molecule has 0 aliphatic rings. The van der Waals surface area contributed by atoms with Crippen molar-refractivity contribution in [2.45, 2.75) is 19.4 Å². The van der Waals surface area contributed by atoms with Crippen LogP contribution in [-0.2, 0) is 17.8 Å². The Balaban J connectivity index is 1.71. The number of nitrogens with two attached hydrogens (primary N) is 1. The van der Waals surface area contributed by atoms with Gasteiger partial charge in [-0.1, -0.05) is 42.5 Å². The molecule has 0 bridgehead atoms. The highest BCUT2D eigenvalue weighted by atomic mass is 79.9. The third-order valence-electron chi connectivity index (χ3n) is 2.96. The Morgan fingerprint density at radius 3 is 2.58 bits per heavy atom. The maximum absolute atomic E-state index is 5.82. The summed E-state index contributed by atoms with van der Waals surface area (Å²) < 4.78 is 6.63. The van der Waals surface area contributed by atoms with E-state index in [1.165, 1.54) is 5.56 Å². The fourth-order valence-corrected chi connectivity index (χ4v) is 2.30. The first-order valence-corrected chi connectivity index (χ1v) is 7.21. The summed E-state index contributed by atoms with van der Waals surface area (Å²) in [5.74, 6) is 0. The molecule has 19 heavy (non-hydrogen) atoms. The Bertz CT molecular complexity index is 513. The minimum atomic E-state index is 0.598. The van der Waals surface area contributed by atoms with Crippen LogP contribution in [0.2, 0.25) is 0 Å². The number of nitrogen functional groups attached to an aromatic ring is 1. The monoisotopic (exact) mass is 319 g/mol. The van der Waals surface area contributed by atoms with E-state index in [2.05, 4.69) is 40.2 Å². The fourth-order valence-electron chi connectivity index (χ4n) is 1.92. The van der Waals surface area contributed by atoms with Gasteiger partial charge < -0.3 is 10.5 Å². The molecule has 0 atom stereocenters. The van der Waals surface area contributed by atoms with E-state index in [0.29, 0.717) is 6.61 Å². The van der Waals surface area contributed by atoms with Crippen molar-refractivity contribution < 1.29 is 4.74 Å². The fraction of sp³-hybridized carbons (Fsp3) is 0.250. The van der Waals surface area contributed by atoms with Crippen LogP contribution < -0.4 is 5.73 Å². The summed E-state index contributed by atoms with van der Waals surface area (Å²) in [5, 5.41) is 0. The predicted molar refractivity (Wildman–Crippen MR) is 83.0 cm³/mol. The summed E-state index contributed by atoms with van der Waals surface area (Å²) >= 11 is 3.48. The molecule has 2 aromatic carbocycles. The molecule has 2 nitrogen and oxygen atoms in total. The van der Waals surface area contributed by atoms with E-state index < -0.39 is 0 Å². The number of anilines is 1. The Kier molecular flexibility index (Phi) is 5.43. The first-order chi connectivity index (χ1) is 9.27. The van der Waals surface area contributed by atoms with Crippen LogP contribution in [0, 0.1) is 0 Å². The van der Waals surface area contributed by atoms with Crippen molar-refractivity contribution in [1.82, 2.24) is 0 Å². The summed E-state index contributed by atoms with van der Waals surface area (Å²) in [5.41, 5.74) is 9.03. The van der Waals surface area contributed by atoms with E-state index in [0.717, 1.165) is 35.2 Å². The standard InChI is InChI=1S/C16H18BrNO/c17-16-14(9-4-10-15(16)18)12-19-11-5-8-13-6-2-1-3-7-13/h1-4,6-7,9-10H,5,8,11-12,18H2. The molecule has 2 N–H and O–H groups in total. The van der Waals surface area contributed by atoms with Crippen molar-refractivity contribution >= 4 is 21.6 Å².